The Morgan fingerprint density at radius 3 is 2.53 bits per heavy atom. The summed E-state index contributed by atoms with van der Waals surface area (Å²) in [4.78, 5) is 41.4. The zero-order valence-electron chi connectivity index (χ0n) is 42.2. The molecule has 74 heavy (non-hydrogen) atoms. The van der Waals surface area contributed by atoms with Crippen molar-refractivity contribution in [2.45, 2.75) is 144 Å². The number of aromatic amines is 1. The number of para-hydroxylation sites is 1. The number of anilines is 4. The monoisotopic (exact) mass is 1030 g/mol. The molecule has 392 valence electrons. The van der Waals surface area contributed by atoms with Crippen LogP contribution >= 0.6 is 0 Å². The van der Waals surface area contributed by atoms with E-state index in [2.05, 4.69) is 54.0 Å². The van der Waals surface area contributed by atoms with Crippen molar-refractivity contribution in [3.8, 4) is 11.6 Å². The van der Waals surface area contributed by atoms with Crippen molar-refractivity contribution in [1.82, 2.24) is 19.6 Å². The number of sulfonamides is 1. The first-order chi connectivity index (χ1) is 35.8. The van der Waals surface area contributed by atoms with E-state index in [1.165, 1.54) is 49.8 Å². The van der Waals surface area contributed by atoms with Crippen LogP contribution in [0.25, 0.3) is 11.0 Å². The Bertz CT molecular complexity index is 3030. The maximum Gasteiger partial charge on any atom is 0.293 e. The van der Waals surface area contributed by atoms with Crippen LogP contribution in [-0.4, -0.2) is 109 Å². The van der Waals surface area contributed by atoms with E-state index in [1.807, 2.05) is 37.4 Å². The van der Waals surface area contributed by atoms with Crippen molar-refractivity contribution in [2.24, 2.45) is 11.3 Å². The highest BCUT2D eigenvalue weighted by atomic mass is 32.2. The van der Waals surface area contributed by atoms with Crippen molar-refractivity contribution >= 4 is 55.4 Å². The fourth-order valence-corrected chi connectivity index (χ4v) is 14.1. The summed E-state index contributed by atoms with van der Waals surface area (Å²) in [5, 5.41) is 26.8. The summed E-state index contributed by atoms with van der Waals surface area (Å²) >= 11 is 0. The number of aromatic nitrogens is 2. The average molecular weight is 1030 g/mol. The molecule has 17 nitrogen and oxygen atoms in total. The molecule has 3 atom stereocenters. The number of aliphatic hydroxyl groups is 1. The lowest BCUT2D eigenvalue weighted by molar-refractivity contribution is -0.384. The number of rotatable bonds is 13. The fourth-order valence-electron chi connectivity index (χ4n) is 13.1. The Kier molecular flexibility index (Phi) is 13.0. The molecule has 1 amide bonds. The van der Waals surface area contributed by atoms with Crippen molar-refractivity contribution in [3.63, 3.8) is 0 Å². The Hall–Kier alpha value is -5.95. The maximum absolute atomic E-state index is 14.7. The summed E-state index contributed by atoms with van der Waals surface area (Å²) < 4.78 is 49.7. The number of nitrogens with zero attached hydrogens (tertiary/aromatic N) is 5. The molecule has 4 N–H and O–H groups in total. The lowest BCUT2D eigenvalue weighted by atomic mass is 9.59. The smallest absolute Gasteiger partial charge is 0.293 e. The number of pyridine rings is 1. The molecule has 7 aliphatic rings. The van der Waals surface area contributed by atoms with Crippen LogP contribution in [0.15, 0.2) is 83.9 Å². The first kappa shape index (κ1) is 49.0. The van der Waals surface area contributed by atoms with Crippen molar-refractivity contribution in [1.29, 1.82) is 0 Å². The molecule has 3 saturated carbocycles. The Morgan fingerprint density at radius 1 is 0.932 bits per heavy atom. The summed E-state index contributed by atoms with van der Waals surface area (Å²) in [7, 11) is -4.62. The molecular formula is C56H68N8O9S. The number of benzene rings is 3. The van der Waals surface area contributed by atoms with Gasteiger partial charge in [-0.25, -0.2) is 13.1 Å². The third-order valence-corrected chi connectivity index (χ3v) is 19.0. The Balaban J connectivity index is 0.805. The second-order valence-electron chi connectivity index (χ2n) is 22.6. The van der Waals surface area contributed by atoms with Crippen molar-refractivity contribution in [2.75, 3.05) is 54.5 Å². The SMILES string of the molecule is CC1(O)CCC(CNc2ccc(S(=O)(=O)NC(=O)c3ccc(N4CCC5(CC4)CC(N4CCCC[C@H]4c4ccccc4OC4CCC4)C5)cc3N3c4cc5cc[nH]c5nc4O[C@H]4COCC[C@@H]43)cc2[N+](=O)[O-])CC1. The fraction of sp³-hybridized carbons (Fsp3) is 0.536. The van der Waals surface area contributed by atoms with Gasteiger partial charge < -0.3 is 39.4 Å². The molecule has 5 aromatic rings. The number of amides is 1. The Morgan fingerprint density at radius 2 is 1.74 bits per heavy atom. The van der Waals surface area contributed by atoms with Crippen molar-refractivity contribution < 1.29 is 37.5 Å². The first-order valence-electron chi connectivity index (χ1n) is 27.0. The number of nitrogens with one attached hydrogen (secondary N) is 3. The molecule has 2 aromatic heterocycles. The molecule has 18 heteroatoms. The van der Waals surface area contributed by atoms with Crippen LogP contribution in [0.3, 0.4) is 0 Å². The van der Waals surface area contributed by atoms with E-state index in [-0.39, 0.29) is 28.6 Å². The molecule has 0 radical (unpaired) electrons. The van der Waals surface area contributed by atoms with Gasteiger partial charge in [-0.3, -0.25) is 19.8 Å². The van der Waals surface area contributed by atoms with Crippen LogP contribution in [0, 0.1) is 21.4 Å². The number of hydrogen-bond donors (Lipinski definition) is 4. The van der Waals surface area contributed by atoms with Crippen LogP contribution in [0.4, 0.5) is 28.4 Å². The van der Waals surface area contributed by atoms with Gasteiger partial charge in [0.25, 0.3) is 21.6 Å². The molecule has 6 heterocycles. The lowest BCUT2D eigenvalue weighted by Crippen LogP contribution is -2.56. The van der Waals surface area contributed by atoms with E-state index >= 15 is 0 Å². The zero-order chi connectivity index (χ0) is 50.8. The van der Waals surface area contributed by atoms with Crippen molar-refractivity contribution in [3.05, 3.63) is 100 Å². The van der Waals surface area contributed by atoms with Crippen LogP contribution in [0.1, 0.15) is 125 Å². The number of likely N-dealkylation sites (tertiary alicyclic amines) is 1. The van der Waals surface area contributed by atoms with Gasteiger partial charge in [-0.15, -0.1) is 0 Å². The van der Waals surface area contributed by atoms with E-state index in [1.54, 1.807) is 6.07 Å². The van der Waals surface area contributed by atoms with Gasteiger partial charge in [-0.1, -0.05) is 24.6 Å². The highest BCUT2D eigenvalue weighted by molar-refractivity contribution is 7.90. The second kappa shape index (κ2) is 19.6. The van der Waals surface area contributed by atoms with Gasteiger partial charge in [0, 0.05) is 67.2 Å². The maximum atomic E-state index is 14.7. The number of nitro benzene ring substituents is 1. The first-order valence-corrected chi connectivity index (χ1v) is 28.5. The molecule has 3 aliphatic carbocycles. The number of carbonyl (C=O) groups excluding carboxylic acids is 1. The highest BCUT2D eigenvalue weighted by Crippen LogP contribution is 2.55. The Labute approximate surface area is 432 Å². The summed E-state index contributed by atoms with van der Waals surface area (Å²) in [5.74, 6) is 0.764. The zero-order valence-corrected chi connectivity index (χ0v) is 43.0. The summed E-state index contributed by atoms with van der Waals surface area (Å²) in [6.07, 6.45) is 16.7. The molecular weight excluding hydrogens is 961 g/mol. The van der Waals surface area contributed by atoms with E-state index < -0.39 is 43.1 Å². The van der Waals surface area contributed by atoms with Crippen LogP contribution < -0.4 is 29.3 Å². The minimum absolute atomic E-state index is 0.120. The van der Waals surface area contributed by atoms with E-state index in [0.717, 1.165) is 87.5 Å². The normalized spacial score (nSPS) is 26.3. The molecule has 0 unspecified atom stereocenters. The van der Waals surface area contributed by atoms with Gasteiger partial charge in [0.15, 0.2) is 0 Å². The lowest BCUT2D eigenvalue weighted by Gasteiger charge is -2.57. The predicted molar refractivity (Wildman–Crippen MR) is 282 cm³/mol. The quantitative estimate of drug-likeness (QED) is 0.0641. The molecule has 4 aliphatic heterocycles. The van der Waals surface area contributed by atoms with Gasteiger partial charge in [-0.2, -0.15) is 4.98 Å². The largest absolute Gasteiger partial charge is 0.490 e. The van der Waals surface area contributed by atoms with E-state index in [9.17, 15) is 28.4 Å². The molecule has 0 bridgehead atoms. The number of ether oxygens (including phenoxy) is 3. The van der Waals surface area contributed by atoms with Crippen LogP contribution in [0.2, 0.25) is 0 Å². The number of carbonyl (C=O) groups is 1. The third kappa shape index (κ3) is 9.55. The van der Waals surface area contributed by atoms with Gasteiger partial charge in [0.1, 0.15) is 28.9 Å². The number of hydrogen-bond acceptors (Lipinski definition) is 14. The van der Waals surface area contributed by atoms with Gasteiger partial charge >= 0.3 is 0 Å². The third-order valence-electron chi connectivity index (χ3n) is 17.7. The minimum Gasteiger partial charge on any atom is -0.490 e. The standard InChI is InChI=1S/C56H68N8O9S/c1-55(66)20-16-36(17-21-55)34-58-44-15-13-41(31-48(44)64(67)68)74(69,70)60-53(65)43-14-12-38(30-47(43)63-46-19-28-71-35-51(46)73-54-49(63)29-37-18-24-57-52(37)59-54)61-26-22-56(23-27-61)32-39(33-56)62-25-5-4-10-45(62)42-9-2-3-11-50(42)72-40-7-6-8-40/h2-3,9,11-15,18,24,29-31,36,39-40,45-46,51,58,66H,4-8,10,16-17,19-23,25-28,32-35H2,1H3,(H,57,59)(H,60,65)/t36?,45-,46-,51-,55?/m0/s1. The molecule has 12 rings (SSSR count). The topological polar surface area (TPSA) is 205 Å². The molecule has 1 spiro atoms. The average Bonchev–Trinajstić information content (AvgIpc) is 3.84. The molecule has 3 saturated heterocycles. The number of H-pyrrole nitrogens is 1. The van der Waals surface area contributed by atoms with E-state index in [0.29, 0.717) is 80.1 Å². The summed E-state index contributed by atoms with van der Waals surface area (Å²) in [5.41, 5.74) is 3.50. The van der Waals surface area contributed by atoms with Gasteiger partial charge in [0.05, 0.1) is 45.4 Å². The second-order valence-corrected chi connectivity index (χ2v) is 24.3. The minimum atomic E-state index is -4.62. The van der Waals surface area contributed by atoms with Crippen LogP contribution in [-0.2, 0) is 14.8 Å². The van der Waals surface area contributed by atoms with E-state index in [4.69, 9.17) is 19.2 Å². The summed E-state index contributed by atoms with van der Waals surface area (Å²) in [6, 6.07) is 22.5. The molecule has 6 fully saturated rings. The van der Waals surface area contributed by atoms with Gasteiger partial charge in [0.2, 0.25) is 5.88 Å². The number of piperidine rings is 2. The summed E-state index contributed by atoms with van der Waals surface area (Å²) in [6.45, 7) is 5.82. The number of nitro groups is 1. The van der Waals surface area contributed by atoms with Crippen LogP contribution in [0.5, 0.6) is 11.6 Å². The molecule has 3 aromatic carbocycles. The highest BCUT2D eigenvalue weighted by Gasteiger charge is 2.50. The van der Waals surface area contributed by atoms with Gasteiger partial charge in [-0.05, 0) is 163 Å². The predicted octanol–water partition coefficient (Wildman–Crippen LogP) is 9.54. The number of fused-ring (bicyclic) bond motifs is 3.